The lowest BCUT2D eigenvalue weighted by Crippen LogP contribution is -2.02. The number of rotatable bonds is 5. The van der Waals surface area contributed by atoms with Gasteiger partial charge in [0.2, 0.25) is 0 Å². The summed E-state index contributed by atoms with van der Waals surface area (Å²) in [6.07, 6.45) is 0. The number of carboxylic acids is 1. The monoisotopic (exact) mass is 310 g/mol. The Balaban J connectivity index is 2.20. The first-order valence-electron chi connectivity index (χ1n) is 6.00. The van der Waals surface area contributed by atoms with E-state index >= 15 is 0 Å². The van der Waals surface area contributed by atoms with Gasteiger partial charge in [0.25, 0.3) is 0 Å². The molecule has 0 bridgehead atoms. The van der Waals surface area contributed by atoms with E-state index in [4.69, 9.17) is 26.2 Å². The van der Waals surface area contributed by atoms with Crippen LogP contribution in [0.1, 0.15) is 15.9 Å². The zero-order valence-electron chi connectivity index (χ0n) is 11.1. The molecular formula is C15H12ClFO4. The number of halogens is 2. The predicted molar refractivity (Wildman–Crippen MR) is 75.7 cm³/mol. The fraction of sp³-hybridized carbons (Fsp3) is 0.133. The van der Waals surface area contributed by atoms with Gasteiger partial charge < -0.3 is 14.6 Å². The van der Waals surface area contributed by atoms with E-state index in [9.17, 15) is 9.18 Å². The minimum Gasteiger partial charge on any atom is -0.493 e. The molecule has 0 unspecified atom stereocenters. The molecule has 0 saturated heterocycles. The van der Waals surface area contributed by atoms with Crippen molar-refractivity contribution < 1.29 is 23.8 Å². The van der Waals surface area contributed by atoms with Crippen LogP contribution in [0, 0.1) is 5.82 Å². The SMILES string of the molecule is COc1cc(C(=O)O)ccc1OCc1cccc(Cl)c1F. The van der Waals surface area contributed by atoms with Crippen molar-refractivity contribution in [2.75, 3.05) is 7.11 Å². The maximum atomic E-state index is 13.7. The summed E-state index contributed by atoms with van der Waals surface area (Å²) in [7, 11) is 1.40. The van der Waals surface area contributed by atoms with Crippen molar-refractivity contribution in [3.8, 4) is 11.5 Å². The summed E-state index contributed by atoms with van der Waals surface area (Å²) in [6.45, 7) is -0.0465. The van der Waals surface area contributed by atoms with Gasteiger partial charge in [0.15, 0.2) is 11.5 Å². The third-order valence-electron chi connectivity index (χ3n) is 2.83. The molecule has 0 heterocycles. The number of aromatic carboxylic acids is 1. The van der Waals surface area contributed by atoms with Crippen LogP contribution < -0.4 is 9.47 Å². The molecule has 4 nitrogen and oxygen atoms in total. The third kappa shape index (κ3) is 3.44. The van der Waals surface area contributed by atoms with Gasteiger partial charge in [0, 0.05) is 5.56 Å². The highest BCUT2D eigenvalue weighted by Crippen LogP contribution is 2.29. The highest BCUT2D eigenvalue weighted by Gasteiger charge is 2.12. The molecule has 2 aromatic carbocycles. The van der Waals surface area contributed by atoms with Gasteiger partial charge in [0.05, 0.1) is 17.7 Å². The number of hydrogen-bond acceptors (Lipinski definition) is 3. The molecule has 0 aliphatic heterocycles. The molecule has 6 heteroatoms. The Kier molecular flexibility index (Phi) is 4.65. The average Bonchev–Trinajstić information content (AvgIpc) is 2.48. The van der Waals surface area contributed by atoms with Crippen LogP contribution in [0.25, 0.3) is 0 Å². The van der Waals surface area contributed by atoms with Crippen molar-refractivity contribution in [2.24, 2.45) is 0 Å². The summed E-state index contributed by atoms with van der Waals surface area (Å²) >= 11 is 5.69. The Morgan fingerprint density at radius 2 is 2.05 bits per heavy atom. The Morgan fingerprint density at radius 3 is 2.71 bits per heavy atom. The number of methoxy groups -OCH3 is 1. The lowest BCUT2D eigenvalue weighted by Gasteiger charge is -2.12. The molecular weight excluding hydrogens is 299 g/mol. The van der Waals surface area contributed by atoms with Crippen molar-refractivity contribution in [2.45, 2.75) is 6.61 Å². The van der Waals surface area contributed by atoms with E-state index in [1.807, 2.05) is 0 Å². The van der Waals surface area contributed by atoms with E-state index in [2.05, 4.69) is 0 Å². The van der Waals surface area contributed by atoms with Gasteiger partial charge in [-0.2, -0.15) is 0 Å². The second-order valence-electron chi connectivity index (χ2n) is 4.17. The summed E-state index contributed by atoms with van der Waals surface area (Å²) in [4.78, 5) is 10.9. The predicted octanol–water partition coefficient (Wildman–Crippen LogP) is 3.76. The van der Waals surface area contributed by atoms with E-state index in [0.717, 1.165) is 0 Å². The van der Waals surface area contributed by atoms with Crippen LogP contribution in [0.5, 0.6) is 11.5 Å². The van der Waals surface area contributed by atoms with Crippen LogP contribution in [0.15, 0.2) is 36.4 Å². The first-order chi connectivity index (χ1) is 10.0. The first-order valence-corrected chi connectivity index (χ1v) is 6.37. The number of benzene rings is 2. The van der Waals surface area contributed by atoms with E-state index in [1.54, 1.807) is 12.1 Å². The summed E-state index contributed by atoms with van der Waals surface area (Å²) in [5.74, 6) is -1.03. The fourth-order valence-corrected chi connectivity index (χ4v) is 1.93. The fourth-order valence-electron chi connectivity index (χ4n) is 1.74. The third-order valence-corrected chi connectivity index (χ3v) is 3.12. The van der Waals surface area contributed by atoms with Gasteiger partial charge in [-0.05, 0) is 24.3 Å². The van der Waals surface area contributed by atoms with Crippen LogP contribution >= 0.6 is 11.6 Å². The second-order valence-corrected chi connectivity index (χ2v) is 4.58. The molecule has 1 N–H and O–H groups in total. The lowest BCUT2D eigenvalue weighted by molar-refractivity contribution is 0.0696. The van der Waals surface area contributed by atoms with Crippen molar-refractivity contribution in [1.82, 2.24) is 0 Å². The maximum absolute atomic E-state index is 13.7. The van der Waals surface area contributed by atoms with Crippen molar-refractivity contribution in [3.05, 3.63) is 58.4 Å². The largest absolute Gasteiger partial charge is 0.493 e. The number of carboxylic acid groups (broad SMARTS) is 1. The van der Waals surface area contributed by atoms with Gasteiger partial charge in [-0.25, -0.2) is 9.18 Å². The molecule has 0 atom stereocenters. The Bertz CT molecular complexity index is 673. The Morgan fingerprint density at radius 1 is 1.29 bits per heavy atom. The Labute approximate surface area is 125 Å². The molecule has 0 amide bonds. The van der Waals surface area contributed by atoms with Crippen LogP contribution in [-0.2, 0) is 6.61 Å². The van der Waals surface area contributed by atoms with E-state index in [1.165, 1.54) is 31.4 Å². The molecule has 0 aromatic heterocycles. The number of hydrogen-bond donors (Lipinski definition) is 1. The molecule has 0 aliphatic carbocycles. The first kappa shape index (κ1) is 15.1. The second kappa shape index (κ2) is 6.45. The maximum Gasteiger partial charge on any atom is 0.335 e. The molecule has 2 rings (SSSR count). The van der Waals surface area contributed by atoms with Crippen LogP contribution in [-0.4, -0.2) is 18.2 Å². The van der Waals surface area contributed by atoms with Crippen LogP contribution in [0.2, 0.25) is 5.02 Å². The van der Waals surface area contributed by atoms with Crippen LogP contribution in [0.3, 0.4) is 0 Å². The lowest BCUT2D eigenvalue weighted by atomic mass is 10.2. The summed E-state index contributed by atoms with van der Waals surface area (Å²) in [5.41, 5.74) is 0.375. The molecule has 0 spiro atoms. The molecule has 110 valence electrons. The van der Waals surface area contributed by atoms with E-state index in [0.29, 0.717) is 11.3 Å². The molecule has 0 saturated carbocycles. The van der Waals surface area contributed by atoms with Gasteiger partial charge in [-0.3, -0.25) is 0 Å². The van der Waals surface area contributed by atoms with Gasteiger partial charge in [-0.15, -0.1) is 0 Å². The molecule has 0 radical (unpaired) electrons. The van der Waals surface area contributed by atoms with E-state index in [-0.39, 0.29) is 22.9 Å². The van der Waals surface area contributed by atoms with Crippen molar-refractivity contribution in [3.63, 3.8) is 0 Å². The van der Waals surface area contributed by atoms with Crippen LogP contribution in [0.4, 0.5) is 4.39 Å². The zero-order valence-corrected chi connectivity index (χ0v) is 11.9. The molecule has 21 heavy (non-hydrogen) atoms. The smallest absolute Gasteiger partial charge is 0.335 e. The quantitative estimate of drug-likeness (QED) is 0.913. The Hall–Kier alpha value is -2.27. The highest BCUT2D eigenvalue weighted by molar-refractivity contribution is 6.30. The summed E-state index contributed by atoms with van der Waals surface area (Å²) < 4.78 is 24.3. The highest BCUT2D eigenvalue weighted by atomic mass is 35.5. The number of carbonyl (C=O) groups is 1. The van der Waals surface area contributed by atoms with Gasteiger partial charge in [-0.1, -0.05) is 23.7 Å². The van der Waals surface area contributed by atoms with E-state index < -0.39 is 11.8 Å². The molecule has 2 aromatic rings. The van der Waals surface area contributed by atoms with Gasteiger partial charge >= 0.3 is 5.97 Å². The summed E-state index contributed by atoms with van der Waals surface area (Å²) in [5, 5.41) is 8.93. The molecule has 0 aliphatic rings. The van der Waals surface area contributed by atoms with Crippen molar-refractivity contribution >= 4 is 17.6 Å². The van der Waals surface area contributed by atoms with Crippen molar-refractivity contribution in [1.29, 1.82) is 0 Å². The minimum absolute atomic E-state index is 0.0179. The molecule has 0 fully saturated rings. The normalized spacial score (nSPS) is 10.2. The van der Waals surface area contributed by atoms with Gasteiger partial charge in [0.1, 0.15) is 12.4 Å². The minimum atomic E-state index is -1.07. The standard InChI is InChI=1S/C15H12ClFO4/c1-20-13-7-9(15(18)19)5-6-12(13)21-8-10-3-2-4-11(16)14(10)17/h2-7H,8H2,1H3,(H,18,19). The average molecular weight is 311 g/mol. The topological polar surface area (TPSA) is 55.8 Å². The zero-order chi connectivity index (χ0) is 15.4. The summed E-state index contributed by atoms with van der Waals surface area (Å²) in [6, 6.07) is 8.81. The number of ether oxygens (including phenoxy) is 2.